The number of amides is 1. The van der Waals surface area contributed by atoms with Gasteiger partial charge in [0.05, 0.1) is 0 Å². The second-order valence-electron chi connectivity index (χ2n) is 4.86. The molecule has 4 N–H and O–H groups in total. The molecule has 0 bridgehead atoms. The molecule has 0 aromatic carbocycles. The largest absolute Gasteiger partial charge is 0.465 e. The normalized spacial score (nSPS) is 12.7. The van der Waals surface area contributed by atoms with Crippen molar-refractivity contribution >= 4 is 6.09 Å². The average Bonchev–Trinajstić information content (AvgIpc) is 1.81. The summed E-state index contributed by atoms with van der Waals surface area (Å²) in [5.74, 6) is 0. The summed E-state index contributed by atoms with van der Waals surface area (Å²) >= 11 is 0. The van der Waals surface area contributed by atoms with Crippen molar-refractivity contribution < 1.29 is 9.90 Å². The van der Waals surface area contributed by atoms with Crippen LogP contribution in [0.25, 0.3) is 0 Å². The second kappa shape index (κ2) is 3.96. The van der Waals surface area contributed by atoms with Crippen molar-refractivity contribution in [2.24, 2.45) is 11.1 Å². The van der Waals surface area contributed by atoms with Gasteiger partial charge in [0, 0.05) is 5.54 Å². The van der Waals surface area contributed by atoms with Crippen molar-refractivity contribution in [1.29, 1.82) is 0 Å². The molecule has 1 amide bonds. The SMILES string of the molecule is CC(C)(CN)CC(C)(C)NC(=O)O. The van der Waals surface area contributed by atoms with Gasteiger partial charge in [0.15, 0.2) is 0 Å². The number of nitrogens with two attached hydrogens (primary N) is 1. The highest BCUT2D eigenvalue weighted by Crippen LogP contribution is 2.26. The lowest BCUT2D eigenvalue weighted by Gasteiger charge is -2.33. The first kappa shape index (κ1) is 12.2. The first-order chi connectivity index (χ1) is 5.68. The molecule has 0 aliphatic rings. The van der Waals surface area contributed by atoms with Gasteiger partial charge < -0.3 is 16.2 Å². The van der Waals surface area contributed by atoms with Crippen molar-refractivity contribution in [1.82, 2.24) is 5.32 Å². The number of rotatable bonds is 4. The highest BCUT2D eigenvalue weighted by molar-refractivity contribution is 5.65. The summed E-state index contributed by atoms with van der Waals surface area (Å²) < 4.78 is 0. The Kier molecular flexibility index (Phi) is 3.72. The molecule has 0 saturated heterocycles. The van der Waals surface area contributed by atoms with E-state index in [1.165, 1.54) is 0 Å². The van der Waals surface area contributed by atoms with Crippen molar-refractivity contribution in [3.8, 4) is 0 Å². The molecule has 0 spiro atoms. The van der Waals surface area contributed by atoms with Gasteiger partial charge in [0.2, 0.25) is 0 Å². The number of hydrogen-bond donors (Lipinski definition) is 3. The van der Waals surface area contributed by atoms with Gasteiger partial charge in [-0.15, -0.1) is 0 Å². The zero-order chi connectivity index (χ0) is 10.7. The van der Waals surface area contributed by atoms with Crippen LogP contribution in [0.1, 0.15) is 34.1 Å². The van der Waals surface area contributed by atoms with Crippen molar-refractivity contribution in [3.63, 3.8) is 0 Å². The Morgan fingerprint density at radius 3 is 2.15 bits per heavy atom. The van der Waals surface area contributed by atoms with Crippen LogP contribution in [0.5, 0.6) is 0 Å². The van der Waals surface area contributed by atoms with Crippen LogP contribution in [0.3, 0.4) is 0 Å². The third-order valence-electron chi connectivity index (χ3n) is 1.92. The first-order valence-electron chi connectivity index (χ1n) is 4.40. The fraction of sp³-hybridized carbons (Fsp3) is 0.889. The van der Waals surface area contributed by atoms with Gasteiger partial charge in [-0.2, -0.15) is 0 Å². The molecule has 4 heteroatoms. The fourth-order valence-corrected chi connectivity index (χ4v) is 1.60. The highest BCUT2D eigenvalue weighted by Gasteiger charge is 2.28. The predicted octanol–water partition coefficient (Wildman–Crippen LogP) is 1.41. The Hall–Kier alpha value is -0.770. The van der Waals surface area contributed by atoms with E-state index >= 15 is 0 Å². The Bertz CT molecular complexity index is 188. The zero-order valence-electron chi connectivity index (χ0n) is 8.85. The summed E-state index contributed by atoms with van der Waals surface area (Å²) in [5, 5.41) is 11.0. The van der Waals surface area contributed by atoms with E-state index in [4.69, 9.17) is 10.8 Å². The maximum atomic E-state index is 10.4. The van der Waals surface area contributed by atoms with Crippen LogP contribution in [0.15, 0.2) is 0 Å². The molecule has 0 aromatic heterocycles. The van der Waals surface area contributed by atoms with Crippen LogP contribution < -0.4 is 11.1 Å². The lowest BCUT2D eigenvalue weighted by atomic mass is 9.80. The molecule has 0 aromatic rings. The van der Waals surface area contributed by atoms with Crippen molar-refractivity contribution in [2.45, 2.75) is 39.7 Å². The van der Waals surface area contributed by atoms with E-state index in [0.29, 0.717) is 6.54 Å². The average molecular weight is 188 g/mol. The highest BCUT2D eigenvalue weighted by atomic mass is 16.4. The first-order valence-corrected chi connectivity index (χ1v) is 4.40. The van der Waals surface area contributed by atoms with Crippen molar-refractivity contribution in [2.75, 3.05) is 6.54 Å². The monoisotopic (exact) mass is 188 g/mol. The minimum Gasteiger partial charge on any atom is -0.465 e. The summed E-state index contributed by atoms with van der Waals surface area (Å²) in [5.41, 5.74) is 5.11. The van der Waals surface area contributed by atoms with E-state index in [2.05, 4.69) is 5.32 Å². The van der Waals surface area contributed by atoms with E-state index in [-0.39, 0.29) is 5.41 Å². The standard InChI is InChI=1S/C9H20N2O2/c1-8(2,6-10)5-9(3,4)11-7(12)13/h11H,5-6,10H2,1-4H3,(H,12,13). The molecule has 0 atom stereocenters. The van der Waals surface area contributed by atoms with Gasteiger partial charge in [0.1, 0.15) is 0 Å². The van der Waals surface area contributed by atoms with Gasteiger partial charge in [-0.3, -0.25) is 0 Å². The Morgan fingerprint density at radius 1 is 1.38 bits per heavy atom. The molecule has 0 unspecified atom stereocenters. The summed E-state index contributed by atoms with van der Waals surface area (Å²) in [7, 11) is 0. The lowest BCUT2D eigenvalue weighted by molar-refractivity contribution is 0.168. The number of carbonyl (C=O) groups is 1. The molecule has 78 valence electrons. The minimum absolute atomic E-state index is 0.0358. The second-order valence-corrected chi connectivity index (χ2v) is 4.86. The fourth-order valence-electron chi connectivity index (χ4n) is 1.60. The topological polar surface area (TPSA) is 75.3 Å². The molecule has 0 radical (unpaired) electrons. The molecule has 0 saturated carbocycles. The Balaban J connectivity index is 4.24. The maximum absolute atomic E-state index is 10.4. The molecule has 4 nitrogen and oxygen atoms in total. The zero-order valence-corrected chi connectivity index (χ0v) is 8.85. The summed E-state index contributed by atoms with van der Waals surface area (Å²) in [6, 6.07) is 0. The Morgan fingerprint density at radius 2 is 1.85 bits per heavy atom. The minimum atomic E-state index is -0.988. The molecular weight excluding hydrogens is 168 g/mol. The third kappa shape index (κ3) is 5.47. The van der Waals surface area contributed by atoms with Crippen LogP contribution in [0.4, 0.5) is 4.79 Å². The molecule has 0 rings (SSSR count). The quantitative estimate of drug-likeness (QED) is 0.624. The van der Waals surface area contributed by atoms with E-state index < -0.39 is 11.6 Å². The van der Waals surface area contributed by atoms with Gasteiger partial charge in [0.25, 0.3) is 0 Å². The number of nitrogens with one attached hydrogen (secondary N) is 1. The van der Waals surface area contributed by atoms with E-state index in [9.17, 15) is 4.79 Å². The van der Waals surface area contributed by atoms with Crippen molar-refractivity contribution in [3.05, 3.63) is 0 Å². The van der Waals surface area contributed by atoms with Crippen LogP contribution in [-0.4, -0.2) is 23.3 Å². The van der Waals surface area contributed by atoms with Gasteiger partial charge in [-0.05, 0) is 32.2 Å². The molecular formula is C9H20N2O2. The smallest absolute Gasteiger partial charge is 0.405 e. The molecule has 13 heavy (non-hydrogen) atoms. The molecule has 0 heterocycles. The number of carboxylic acid groups (broad SMARTS) is 1. The van der Waals surface area contributed by atoms with E-state index in [1.54, 1.807) is 0 Å². The van der Waals surface area contributed by atoms with Crippen LogP contribution in [-0.2, 0) is 0 Å². The van der Waals surface area contributed by atoms with Gasteiger partial charge in [-0.1, -0.05) is 13.8 Å². The van der Waals surface area contributed by atoms with Crippen LogP contribution >= 0.6 is 0 Å². The summed E-state index contributed by atoms with van der Waals surface area (Å²) in [4.78, 5) is 10.4. The summed E-state index contributed by atoms with van der Waals surface area (Å²) in [6.07, 6.45) is -0.263. The van der Waals surface area contributed by atoms with Crippen LogP contribution in [0, 0.1) is 5.41 Å². The van der Waals surface area contributed by atoms with E-state index in [0.717, 1.165) is 6.42 Å². The maximum Gasteiger partial charge on any atom is 0.405 e. The molecule has 0 aliphatic heterocycles. The Labute approximate surface area is 79.5 Å². The molecule has 0 aliphatic carbocycles. The van der Waals surface area contributed by atoms with Crippen LogP contribution in [0.2, 0.25) is 0 Å². The lowest BCUT2D eigenvalue weighted by Crippen LogP contribution is -2.46. The predicted molar refractivity (Wildman–Crippen MR) is 52.7 cm³/mol. The van der Waals surface area contributed by atoms with E-state index in [1.807, 2.05) is 27.7 Å². The summed E-state index contributed by atoms with van der Waals surface area (Å²) in [6.45, 7) is 8.32. The molecule has 0 fully saturated rings. The third-order valence-corrected chi connectivity index (χ3v) is 1.92. The van der Waals surface area contributed by atoms with Gasteiger partial charge >= 0.3 is 6.09 Å². The van der Waals surface area contributed by atoms with Gasteiger partial charge in [-0.25, -0.2) is 4.79 Å². The number of hydrogen-bond acceptors (Lipinski definition) is 2.